The van der Waals surface area contributed by atoms with E-state index < -0.39 is 11.7 Å². The second kappa shape index (κ2) is 8.16. The number of halogens is 1. The fraction of sp³-hybridized carbons (Fsp3) is 0.381. The molecule has 2 heterocycles. The van der Waals surface area contributed by atoms with Crippen molar-refractivity contribution in [3.63, 3.8) is 0 Å². The summed E-state index contributed by atoms with van der Waals surface area (Å²) in [6.45, 7) is 4.32. The molecule has 1 N–H and O–H groups in total. The number of hydrogen-bond acceptors (Lipinski definition) is 5. The molecule has 1 saturated heterocycles. The predicted octanol–water partition coefficient (Wildman–Crippen LogP) is 2.27. The number of benzene rings is 2. The van der Waals surface area contributed by atoms with Crippen molar-refractivity contribution in [3.8, 4) is 11.5 Å². The maximum atomic E-state index is 13.9. The molecule has 0 aliphatic carbocycles. The second-order valence-corrected chi connectivity index (χ2v) is 7.16. The van der Waals surface area contributed by atoms with Gasteiger partial charge in [-0.15, -0.1) is 0 Å². The molecule has 0 aromatic heterocycles. The largest absolute Gasteiger partial charge is 0.454 e. The van der Waals surface area contributed by atoms with Crippen LogP contribution >= 0.6 is 0 Å². The van der Waals surface area contributed by atoms with Gasteiger partial charge in [-0.3, -0.25) is 9.69 Å². The molecule has 4 rings (SSSR count). The molecule has 0 saturated carbocycles. The van der Waals surface area contributed by atoms with Crippen molar-refractivity contribution >= 4 is 5.91 Å². The summed E-state index contributed by atoms with van der Waals surface area (Å²) in [4.78, 5) is 17.1. The monoisotopic (exact) mass is 385 g/mol. The number of piperazine rings is 1. The molecule has 0 radical (unpaired) electrons. The Balaban J connectivity index is 1.53. The fourth-order valence-electron chi connectivity index (χ4n) is 3.64. The normalized spacial score (nSPS) is 18.1. The van der Waals surface area contributed by atoms with Gasteiger partial charge in [0.25, 0.3) is 5.91 Å². The Morgan fingerprint density at radius 2 is 1.86 bits per heavy atom. The molecule has 6 nitrogen and oxygen atoms in total. The lowest BCUT2D eigenvalue weighted by Crippen LogP contribution is -2.48. The highest BCUT2D eigenvalue weighted by molar-refractivity contribution is 5.94. The van der Waals surface area contributed by atoms with E-state index in [1.165, 1.54) is 12.1 Å². The van der Waals surface area contributed by atoms with Crippen LogP contribution < -0.4 is 14.8 Å². The Morgan fingerprint density at radius 3 is 2.64 bits per heavy atom. The number of fused-ring (bicyclic) bond motifs is 1. The third kappa shape index (κ3) is 3.95. The van der Waals surface area contributed by atoms with Crippen LogP contribution in [0.25, 0.3) is 0 Å². The summed E-state index contributed by atoms with van der Waals surface area (Å²) in [6, 6.07) is 11.9. The average Bonchev–Trinajstić information content (AvgIpc) is 3.17. The van der Waals surface area contributed by atoms with E-state index in [9.17, 15) is 9.18 Å². The molecule has 1 atom stereocenters. The molecule has 1 amide bonds. The predicted molar refractivity (Wildman–Crippen MR) is 103 cm³/mol. The SMILES string of the molecule is CN1CCN([C@@H](CNC(=O)c2ccccc2F)c2ccc3c(c2)OCO3)CC1. The van der Waals surface area contributed by atoms with Crippen LogP contribution in [0.3, 0.4) is 0 Å². The van der Waals surface area contributed by atoms with Crippen LogP contribution in [-0.4, -0.2) is 62.3 Å². The van der Waals surface area contributed by atoms with Crippen molar-refractivity contribution in [1.29, 1.82) is 0 Å². The van der Waals surface area contributed by atoms with Gasteiger partial charge in [0.1, 0.15) is 5.82 Å². The van der Waals surface area contributed by atoms with E-state index in [2.05, 4.69) is 22.2 Å². The van der Waals surface area contributed by atoms with Crippen LogP contribution in [0.5, 0.6) is 11.5 Å². The zero-order chi connectivity index (χ0) is 19.5. The lowest BCUT2D eigenvalue weighted by Gasteiger charge is -2.38. The van der Waals surface area contributed by atoms with E-state index >= 15 is 0 Å². The van der Waals surface area contributed by atoms with Crippen molar-refractivity contribution in [2.24, 2.45) is 0 Å². The first-order chi connectivity index (χ1) is 13.6. The number of likely N-dealkylation sites (N-methyl/N-ethyl adjacent to an activating group) is 1. The first-order valence-corrected chi connectivity index (χ1v) is 9.46. The Bertz CT molecular complexity index is 853. The van der Waals surface area contributed by atoms with Gasteiger partial charge < -0.3 is 19.7 Å². The minimum Gasteiger partial charge on any atom is -0.454 e. The molecular weight excluding hydrogens is 361 g/mol. The lowest BCUT2D eigenvalue weighted by molar-refractivity contribution is 0.0882. The maximum Gasteiger partial charge on any atom is 0.254 e. The molecule has 1 fully saturated rings. The van der Waals surface area contributed by atoms with E-state index in [-0.39, 0.29) is 18.4 Å². The Morgan fingerprint density at radius 1 is 1.11 bits per heavy atom. The highest BCUT2D eigenvalue weighted by atomic mass is 19.1. The zero-order valence-corrected chi connectivity index (χ0v) is 15.9. The van der Waals surface area contributed by atoms with Crippen molar-refractivity contribution < 1.29 is 18.7 Å². The molecule has 28 heavy (non-hydrogen) atoms. The smallest absolute Gasteiger partial charge is 0.254 e. The van der Waals surface area contributed by atoms with E-state index in [1.807, 2.05) is 18.2 Å². The Labute approximate surface area is 163 Å². The summed E-state index contributed by atoms with van der Waals surface area (Å²) >= 11 is 0. The number of nitrogens with one attached hydrogen (secondary N) is 1. The molecule has 2 aromatic carbocycles. The van der Waals surface area contributed by atoms with Gasteiger partial charge in [0.05, 0.1) is 11.6 Å². The third-order valence-electron chi connectivity index (χ3n) is 5.33. The topological polar surface area (TPSA) is 54.0 Å². The summed E-state index contributed by atoms with van der Waals surface area (Å²) in [5, 5.41) is 2.91. The van der Waals surface area contributed by atoms with Crippen LogP contribution in [0.15, 0.2) is 42.5 Å². The van der Waals surface area contributed by atoms with Gasteiger partial charge >= 0.3 is 0 Å². The number of carbonyl (C=O) groups excluding carboxylic acids is 1. The van der Waals surface area contributed by atoms with Gasteiger partial charge in [-0.1, -0.05) is 18.2 Å². The molecule has 2 aromatic rings. The number of rotatable bonds is 5. The van der Waals surface area contributed by atoms with Gasteiger partial charge in [-0.25, -0.2) is 4.39 Å². The van der Waals surface area contributed by atoms with Gasteiger partial charge in [0.2, 0.25) is 6.79 Å². The summed E-state index contributed by atoms with van der Waals surface area (Å²) in [5.41, 5.74) is 1.10. The van der Waals surface area contributed by atoms with Crippen LogP contribution in [0.2, 0.25) is 0 Å². The van der Waals surface area contributed by atoms with Gasteiger partial charge in [0, 0.05) is 32.7 Å². The van der Waals surface area contributed by atoms with E-state index in [1.54, 1.807) is 12.1 Å². The zero-order valence-electron chi connectivity index (χ0n) is 15.9. The standard InChI is InChI=1S/C21H24FN3O3/c1-24-8-10-25(11-9-24)18(15-6-7-19-20(12-15)28-14-27-19)13-23-21(26)16-4-2-3-5-17(16)22/h2-7,12,18H,8-11,13-14H2,1H3,(H,23,26)/t18-/m0/s1. The summed E-state index contributed by atoms with van der Waals surface area (Å²) < 4.78 is 24.9. The van der Waals surface area contributed by atoms with Crippen LogP contribution in [0.1, 0.15) is 22.0 Å². The summed E-state index contributed by atoms with van der Waals surface area (Å²) in [7, 11) is 2.10. The Kier molecular flexibility index (Phi) is 5.45. The molecule has 0 bridgehead atoms. The first-order valence-electron chi connectivity index (χ1n) is 9.46. The van der Waals surface area contributed by atoms with Crippen molar-refractivity contribution in [1.82, 2.24) is 15.1 Å². The highest BCUT2D eigenvalue weighted by Gasteiger charge is 2.26. The minimum atomic E-state index is -0.515. The maximum absolute atomic E-state index is 13.9. The van der Waals surface area contributed by atoms with Crippen molar-refractivity contribution in [2.75, 3.05) is 46.6 Å². The number of carbonyl (C=O) groups is 1. The lowest BCUT2D eigenvalue weighted by atomic mass is 10.0. The van der Waals surface area contributed by atoms with E-state index in [4.69, 9.17) is 9.47 Å². The average molecular weight is 385 g/mol. The molecule has 0 unspecified atom stereocenters. The minimum absolute atomic E-state index is 0.0288. The van der Waals surface area contributed by atoms with Crippen LogP contribution in [0.4, 0.5) is 4.39 Å². The highest BCUT2D eigenvalue weighted by Crippen LogP contribution is 2.35. The number of ether oxygens (including phenoxy) is 2. The second-order valence-electron chi connectivity index (χ2n) is 7.16. The van der Waals surface area contributed by atoms with E-state index in [0.717, 1.165) is 43.2 Å². The van der Waals surface area contributed by atoms with Crippen molar-refractivity contribution in [3.05, 3.63) is 59.4 Å². The summed E-state index contributed by atoms with van der Waals surface area (Å²) in [6.07, 6.45) is 0. The van der Waals surface area contributed by atoms with Crippen molar-refractivity contribution in [2.45, 2.75) is 6.04 Å². The quantitative estimate of drug-likeness (QED) is 0.856. The number of hydrogen-bond donors (Lipinski definition) is 1. The van der Waals surface area contributed by atoms with Gasteiger partial charge in [0.15, 0.2) is 11.5 Å². The van der Waals surface area contributed by atoms with E-state index in [0.29, 0.717) is 6.54 Å². The number of amides is 1. The molecular formula is C21H24FN3O3. The molecule has 2 aliphatic rings. The Hall–Kier alpha value is -2.64. The molecule has 0 spiro atoms. The molecule has 2 aliphatic heterocycles. The van der Waals surface area contributed by atoms with Gasteiger partial charge in [-0.05, 0) is 36.9 Å². The van der Waals surface area contributed by atoms with Crippen LogP contribution in [-0.2, 0) is 0 Å². The summed E-state index contributed by atoms with van der Waals surface area (Å²) in [5.74, 6) is 0.533. The first kappa shape index (κ1) is 18.7. The number of nitrogens with zero attached hydrogens (tertiary/aromatic N) is 2. The third-order valence-corrected chi connectivity index (χ3v) is 5.33. The molecule has 7 heteroatoms. The van der Waals surface area contributed by atoms with Crippen LogP contribution in [0, 0.1) is 5.82 Å². The molecule has 148 valence electrons. The van der Waals surface area contributed by atoms with Gasteiger partial charge in [-0.2, -0.15) is 0 Å². The fourth-order valence-corrected chi connectivity index (χ4v) is 3.64.